The maximum Gasteiger partial charge on any atom is 0.203 e. The van der Waals surface area contributed by atoms with Crippen molar-refractivity contribution in [2.45, 2.75) is 13.5 Å². The lowest BCUT2D eigenvalue weighted by atomic mass is 10.0. The first-order valence-electron chi connectivity index (χ1n) is 6.03. The highest BCUT2D eigenvalue weighted by atomic mass is 16.5. The third-order valence-corrected chi connectivity index (χ3v) is 2.80. The zero-order chi connectivity index (χ0) is 13.7. The second-order valence-electron chi connectivity index (χ2n) is 4.27. The lowest BCUT2D eigenvalue weighted by Crippen LogP contribution is -2.06. The Bertz CT molecular complexity index is 605. The van der Waals surface area contributed by atoms with Crippen LogP contribution in [0.5, 0.6) is 5.75 Å². The van der Waals surface area contributed by atoms with E-state index in [0.717, 1.165) is 23.1 Å². The molecule has 2 rings (SSSR count). The molecule has 1 N–H and O–H groups in total. The Labute approximate surface area is 112 Å². The molecule has 0 bridgehead atoms. The first kappa shape index (κ1) is 13.0. The van der Waals surface area contributed by atoms with E-state index in [0.29, 0.717) is 12.2 Å². The number of benzene rings is 2. The van der Waals surface area contributed by atoms with Crippen LogP contribution in [0, 0.1) is 12.3 Å². The minimum Gasteiger partial charge on any atom is -0.489 e. The van der Waals surface area contributed by atoms with Crippen molar-refractivity contribution in [2.75, 3.05) is 0 Å². The lowest BCUT2D eigenvalue weighted by molar-refractivity contribution is 0.106. The Balaban J connectivity index is 2.16. The van der Waals surface area contributed by atoms with E-state index in [1.807, 2.05) is 43.3 Å². The van der Waals surface area contributed by atoms with Crippen molar-refractivity contribution in [3.05, 3.63) is 65.2 Å². The molecule has 0 aromatic heterocycles. The maximum absolute atomic E-state index is 11.6. The van der Waals surface area contributed by atoms with E-state index in [9.17, 15) is 4.79 Å². The van der Waals surface area contributed by atoms with E-state index in [-0.39, 0.29) is 5.78 Å². The minimum absolute atomic E-state index is 0.302. The molecule has 0 unspecified atom stereocenters. The summed E-state index contributed by atoms with van der Waals surface area (Å²) in [4.78, 5) is 11.6. The topological polar surface area (TPSA) is 50.2 Å². The molecule has 0 amide bonds. The number of carbonyl (C=O) groups excluding carboxylic acids is 1. The Morgan fingerprint density at radius 2 is 2.00 bits per heavy atom. The van der Waals surface area contributed by atoms with Gasteiger partial charge in [0, 0.05) is 11.1 Å². The summed E-state index contributed by atoms with van der Waals surface area (Å²) in [5, 5.41) is 7.05. The van der Waals surface area contributed by atoms with E-state index >= 15 is 0 Å². The largest absolute Gasteiger partial charge is 0.489 e. The summed E-state index contributed by atoms with van der Waals surface area (Å²) in [6.45, 7) is 2.32. The summed E-state index contributed by atoms with van der Waals surface area (Å²) < 4.78 is 5.68. The van der Waals surface area contributed by atoms with Gasteiger partial charge in [0.1, 0.15) is 12.4 Å². The van der Waals surface area contributed by atoms with Gasteiger partial charge in [-0.15, -0.1) is 0 Å². The number of nitrogens with one attached hydrogen (secondary N) is 1. The van der Waals surface area contributed by atoms with Crippen molar-refractivity contribution in [3.8, 4) is 5.75 Å². The molecule has 3 heteroatoms. The van der Waals surface area contributed by atoms with Gasteiger partial charge in [-0.2, -0.15) is 0 Å². The van der Waals surface area contributed by atoms with E-state index in [1.165, 1.54) is 0 Å². The molecular weight excluding hydrogens is 238 g/mol. The summed E-state index contributed by atoms with van der Waals surface area (Å²) in [5.74, 6) is 0.473. The van der Waals surface area contributed by atoms with Gasteiger partial charge in [-0.3, -0.25) is 4.79 Å². The molecule has 0 spiro atoms. The molecule has 0 aliphatic heterocycles. The summed E-state index contributed by atoms with van der Waals surface area (Å²) in [6.07, 6.45) is 0.825. The van der Waals surface area contributed by atoms with Gasteiger partial charge in [-0.25, -0.2) is 0 Å². The van der Waals surface area contributed by atoms with Gasteiger partial charge in [0.05, 0.1) is 6.21 Å². The molecule has 0 saturated carbocycles. The van der Waals surface area contributed by atoms with Crippen LogP contribution >= 0.6 is 0 Å². The van der Waals surface area contributed by atoms with Gasteiger partial charge < -0.3 is 10.1 Å². The molecule has 0 aliphatic carbocycles. The molecule has 96 valence electrons. The molecule has 0 fully saturated rings. The van der Waals surface area contributed by atoms with Crippen LogP contribution < -0.4 is 4.74 Å². The molecule has 3 nitrogen and oxygen atoms in total. The van der Waals surface area contributed by atoms with Gasteiger partial charge in [0.15, 0.2) is 0 Å². The molecule has 0 radical (unpaired) electrons. The fourth-order valence-electron chi connectivity index (χ4n) is 1.83. The minimum atomic E-state index is -0.302. The summed E-state index contributed by atoms with van der Waals surface area (Å²) >= 11 is 0. The maximum atomic E-state index is 11.6. The molecule has 2 aromatic carbocycles. The Morgan fingerprint density at radius 1 is 1.21 bits per heavy atom. The number of hydrogen-bond acceptors (Lipinski definition) is 3. The standard InChI is InChI=1S/C16H15NO2/c1-12-5-4-7-14(9-12)19-11-13-6-2-3-8-15(13)16(18)10-17/h2-10,17H,11H2,1H3. The smallest absolute Gasteiger partial charge is 0.203 e. The van der Waals surface area contributed by atoms with Gasteiger partial charge in [0.25, 0.3) is 0 Å². The van der Waals surface area contributed by atoms with Crippen LogP contribution in [0.2, 0.25) is 0 Å². The lowest BCUT2D eigenvalue weighted by Gasteiger charge is -2.09. The highest BCUT2D eigenvalue weighted by molar-refractivity contribution is 6.34. The van der Waals surface area contributed by atoms with Crippen LogP contribution in [0.25, 0.3) is 0 Å². The van der Waals surface area contributed by atoms with Crippen molar-refractivity contribution >= 4 is 12.0 Å². The average Bonchev–Trinajstić information content (AvgIpc) is 2.45. The average molecular weight is 253 g/mol. The van der Waals surface area contributed by atoms with Crippen LogP contribution in [0.1, 0.15) is 21.5 Å². The van der Waals surface area contributed by atoms with E-state index < -0.39 is 0 Å². The van der Waals surface area contributed by atoms with Crippen LogP contribution in [-0.2, 0) is 6.61 Å². The highest BCUT2D eigenvalue weighted by Gasteiger charge is 2.08. The third-order valence-electron chi connectivity index (χ3n) is 2.80. The predicted octanol–water partition coefficient (Wildman–Crippen LogP) is 3.41. The Hall–Kier alpha value is -2.42. The Morgan fingerprint density at radius 3 is 2.74 bits per heavy atom. The van der Waals surface area contributed by atoms with Gasteiger partial charge in [-0.05, 0) is 24.6 Å². The van der Waals surface area contributed by atoms with Crippen molar-refractivity contribution in [1.82, 2.24) is 0 Å². The first-order chi connectivity index (χ1) is 9.20. The summed E-state index contributed by atoms with van der Waals surface area (Å²) in [7, 11) is 0. The molecule has 2 aromatic rings. The van der Waals surface area contributed by atoms with Crippen LogP contribution in [0.3, 0.4) is 0 Å². The number of carbonyl (C=O) groups is 1. The third kappa shape index (κ3) is 3.28. The first-order valence-corrected chi connectivity index (χ1v) is 6.03. The number of aryl methyl sites for hydroxylation is 1. The summed E-state index contributed by atoms with van der Waals surface area (Å²) in [5.41, 5.74) is 2.43. The van der Waals surface area contributed by atoms with Crippen LogP contribution in [-0.4, -0.2) is 12.0 Å². The van der Waals surface area contributed by atoms with Gasteiger partial charge >= 0.3 is 0 Å². The Kier molecular flexibility index (Phi) is 4.08. The van der Waals surface area contributed by atoms with Gasteiger partial charge in [0.2, 0.25) is 5.78 Å². The van der Waals surface area contributed by atoms with Gasteiger partial charge in [-0.1, -0.05) is 36.4 Å². The monoisotopic (exact) mass is 253 g/mol. The fraction of sp³-hybridized carbons (Fsp3) is 0.125. The number of ketones is 1. The SMILES string of the molecule is Cc1cccc(OCc2ccccc2C(=O)C=N)c1. The molecule has 0 atom stereocenters. The second-order valence-corrected chi connectivity index (χ2v) is 4.27. The van der Waals surface area contributed by atoms with E-state index in [1.54, 1.807) is 12.1 Å². The molecule has 19 heavy (non-hydrogen) atoms. The number of ether oxygens (including phenoxy) is 1. The molecular formula is C16H15NO2. The van der Waals surface area contributed by atoms with E-state index in [4.69, 9.17) is 10.1 Å². The number of hydrogen-bond donors (Lipinski definition) is 1. The zero-order valence-electron chi connectivity index (χ0n) is 10.7. The van der Waals surface area contributed by atoms with Crippen LogP contribution in [0.4, 0.5) is 0 Å². The van der Waals surface area contributed by atoms with Crippen molar-refractivity contribution < 1.29 is 9.53 Å². The molecule has 0 aliphatic rings. The van der Waals surface area contributed by atoms with Crippen molar-refractivity contribution in [1.29, 1.82) is 5.41 Å². The fourth-order valence-corrected chi connectivity index (χ4v) is 1.83. The summed E-state index contributed by atoms with van der Waals surface area (Å²) in [6, 6.07) is 14.9. The zero-order valence-corrected chi connectivity index (χ0v) is 10.7. The van der Waals surface area contributed by atoms with E-state index in [2.05, 4.69) is 0 Å². The number of rotatable bonds is 5. The van der Waals surface area contributed by atoms with Crippen LogP contribution in [0.15, 0.2) is 48.5 Å². The van der Waals surface area contributed by atoms with Crippen molar-refractivity contribution in [2.24, 2.45) is 0 Å². The molecule has 0 heterocycles. The normalized spacial score (nSPS) is 9.95. The number of Topliss-reactive ketones (excluding diaryl/α,β-unsaturated/α-hetero) is 1. The quantitative estimate of drug-likeness (QED) is 0.655. The van der Waals surface area contributed by atoms with Crippen molar-refractivity contribution in [3.63, 3.8) is 0 Å². The molecule has 0 saturated heterocycles. The predicted molar refractivity (Wildman–Crippen MR) is 75.1 cm³/mol. The highest BCUT2D eigenvalue weighted by Crippen LogP contribution is 2.16. The second kappa shape index (κ2) is 5.96.